The van der Waals surface area contributed by atoms with E-state index >= 15 is 0 Å². The van der Waals surface area contributed by atoms with E-state index in [4.69, 9.17) is 62.7 Å². The maximum atomic E-state index is 13.6. The van der Waals surface area contributed by atoms with Gasteiger partial charge in [0.15, 0.2) is 0 Å². The van der Waals surface area contributed by atoms with Crippen LogP contribution in [0.5, 0.6) is 0 Å². The standard InChI is InChI=1S/C51H80N8O18/c1-3-10-59(77-4-2)50(64)41-33-43-44(56-45(52)35-41)34-42(37-54-43)49(63)57-11-5-6-40(38-57)36-55-51(65)76-32-31-75-30-29-74-28-27-73-26-25-72-24-23-71-22-21-70-20-19-69-18-17-68-16-15-67-14-13-66-12-9-53-46(60)39-58-47(61)7-8-48(58)62/h7-8,33-34,37,40H,3-6,9-32,35-36,38-39H2,1-2H3,(H2,52,56)(H,53,60)(H,55,65)/t40-/m0/s1. The van der Waals surface area contributed by atoms with Crippen LogP contribution in [0, 0.1) is 5.92 Å². The Labute approximate surface area is 450 Å². The molecule has 1 atom stereocenters. The van der Waals surface area contributed by atoms with Crippen molar-refractivity contribution in [2.24, 2.45) is 16.6 Å². The van der Waals surface area contributed by atoms with Gasteiger partial charge in [0.25, 0.3) is 23.6 Å². The van der Waals surface area contributed by atoms with Gasteiger partial charge < -0.3 is 73.4 Å². The van der Waals surface area contributed by atoms with Crippen LogP contribution in [-0.4, -0.2) is 246 Å². The van der Waals surface area contributed by atoms with E-state index in [0.717, 1.165) is 36.3 Å². The van der Waals surface area contributed by atoms with Gasteiger partial charge in [-0.15, -0.1) is 0 Å². The van der Waals surface area contributed by atoms with Gasteiger partial charge in [-0.3, -0.25) is 38.7 Å². The van der Waals surface area contributed by atoms with Gasteiger partial charge in [0.05, 0.1) is 156 Å². The van der Waals surface area contributed by atoms with Crippen molar-refractivity contribution in [1.82, 2.24) is 30.5 Å². The molecule has 4 heterocycles. The highest BCUT2D eigenvalue weighted by Gasteiger charge is 2.28. The number of pyridine rings is 1. The molecule has 0 bridgehead atoms. The van der Waals surface area contributed by atoms with Gasteiger partial charge in [-0.05, 0) is 44.2 Å². The lowest BCUT2D eigenvalue weighted by Crippen LogP contribution is -2.43. The zero-order valence-corrected chi connectivity index (χ0v) is 44.8. The number of hydrogen-bond acceptors (Lipinski definition) is 21. The number of hydroxylamine groups is 2. The van der Waals surface area contributed by atoms with Crippen LogP contribution in [0.1, 0.15) is 55.6 Å². The van der Waals surface area contributed by atoms with Crippen molar-refractivity contribution >= 4 is 53.2 Å². The van der Waals surface area contributed by atoms with E-state index in [9.17, 15) is 28.8 Å². The summed E-state index contributed by atoms with van der Waals surface area (Å²) in [6, 6.07) is 1.64. The number of likely N-dealkylation sites (tertiary alicyclic amines) is 1. The van der Waals surface area contributed by atoms with Crippen LogP contribution in [-0.2, 0) is 76.1 Å². The molecule has 6 amide bonds. The van der Waals surface area contributed by atoms with Crippen molar-refractivity contribution in [3.63, 3.8) is 0 Å². The first-order valence-electron chi connectivity index (χ1n) is 26.4. The number of hydrogen-bond donors (Lipinski definition) is 3. The highest BCUT2D eigenvalue weighted by atomic mass is 16.7. The lowest BCUT2D eigenvalue weighted by molar-refractivity contribution is -0.180. The van der Waals surface area contributed by atoms with Crippen molar-refractivity contribution in [1.29, 1.82) is 0 Å². The number of rotatable bonds is 43. The molecule has 4 rings (SSSR count). The summed E-state index contributed by atoms with van der Waals surface area (Å²) in [5.41, 5.74) is 7.80. The zero-order valence-electron chi connectivity index (χ0n) is 44.8. The van der Waals surface area contributed by atoms with Crippen molar-refractivity contribution < 1.29 is 85.7 Å². The molecule has 0 unspecified atom stereocenters. The Bertz CT molecular complexity index is 2000. The first-order valence-corrected chi connectivity index (χ1v) is 26.4. The topological polar surface area (TPSA) is 298 Å². The van der Waals surface area contributed by atoms with Gasteiger partial charge in [0, 0.05) is 63.1 Å². The van der Waals surface area contributed by atoms with Crippen LogP contribution >= 0.6 is 0 Å². The van der Waals surface area contributed by atoms with E-state index in [1.807, 2.05) is 13.8 Å². The zero-order chi connectivity index (χ0) is 55.1. The number of ether oxygens (including phenoxy) is 11. The Morgan fingerprint density at radius 1 is 0.701 bits per heavy atom. The Morgan fingerprint density at radius 2 is 1.21 bits per heavy atom. The minimum absolute atomic E-state index is 0.0387. The van der Waals surface area contributed by atoms with E-state index in [-0.39, 0.29) is 62.9 Å². The maximum Gasteiger partial charge on any atom is 0.407 e. The monoisotopic (exact) mass is 1090 g/mol. The van der Waals surface area contributed by atoms with E-state index in [1.165, 1.54) is 11.3 Å². The second kappa shape index (κ2) is 39.8. The molecular formula is C51H80N8O18. The summed E-state index contributed by atoms with van der Waals surface area (Å²) in [4.78, 5) is 91.0. The summed E-state index contributed by atoms with van der Waals surface area (Å²) in [6.45, 7) is 13.8. The second-order valence-corrected chi connectivity index (χ2v) is 17.2. The fraction of sp³-hybridized carbons (Fsp3) is 0.686. The smallest absolute Gasteiger partial charge is 0.407 e. The predicted octanol–water partition coefficient (Wildman–Crippen LogP) is 0.833. The quantitative estimate of drug-likeness (QED) is 0.0464. The van der Waals surface area contributed by atoms with Gasteiger partial charge in [-0.25, -0.2) is 14.9 Å². The number of amides is 6. The summed E-state index contributed by atoms with van der Waals surface area (Å²) in [7, 11) is 0. The van der Waals surface area contributed by atoms with Gasteiger partial charge >= 0.3 is 6.09 Å². The number of nitrogens with zero attached hydrogens (tertiary/aromatic N) is 5. The molecule has 77 heavy (non-hydrogen) atoms. The summed E-state index contributed by atoms with van der Waals surface area (Å²) in [5.74, 6) is -1.67. The third-order valence-corrected chi connectivity index (χ3v) is 11.2. The van der Waals surface area contributed by atoms with Crippen LogP contribution in [0.15, 0.2) is 35.0 Å². The third kappa shape index (κ3) is 27.1. The number of amidine groups is 1. The first kappa shape index (κ1) is 64.0. The van der Waals surface area contributed by atoms with E-state index in [0.29, 0.717) is 174 Å². The maximum absolute atomic E-state index is 13.6. The highest BCUT2D eigenvalue weighted by Crippen LogP contribution is 2.28. The molecule has 432 valence electrons. The molecule has 0 saturated carbocycles. The first-order chi connectivity index (χ1) is 37.6. The number of carbonyl (C=O) groups is 6. The van der Waals surface area contributed by atoms with Crippen molar-refractivity contribution in [3.05, 3.63) is 41.2 Å². The minimum Gasteiger partial charge on any atom is -0.447 e. The van der Waals surface area contributed by atoms with Crippen LogP contribution in [0.25, 0.3) is 6.08 Å². The van der Waals surface area contributed by atoms with Crippen molar-refractivity contribution in [3.8, 4) is 0 Å². The number of imide groups is 1. The predicted molar refractivity (Wildman–Crippen MR) is 277 cm³/mol. The van der Waals surface area contributed by atoms with Gasteiger partial charge in [0.2, 0.25) is 5.91 Å². The van der Waals surface area contributed by atoms with Crippen molar-refractivity contribution in [2.75, 3.05) is 185 Å². The molecule has 3 aliphatic rings. The van der Waals surface area contributed by atoms with E-state index in [2.05, 4.69) is 20.6 Å². The summed E-state index contributed by atoms with van der Waals surface area (Å²) in [5, 5.41) is 6.71. The molecule has 1 aromatic heterocycles. The molecule has 0 aliphatic carbocycles. The van der Waals surface area contributed by atoms with E-state index in [1.54, 1.807) is 17.0 Å². The molecule has 26 heteroatoms. The SMILES string of the molecule is CCCN(OCC)C(=O)C1=Cc2ncc(C(=O)N3CCC[C@@H](CNC(=O)OCCOCCOCCOCCOCCOCCOCCOCCOCCOCCOCCNC(=O)CN4C(=O)C=CC4=O)C3)cc2N=C(N)C1. The molecule has 1 fully saturated rings. The van der Waals surface area contributed by atoms with E-state index < -0.39 is 23.8 Å². The Morgan fingerprint density at radius 3 is 1.71 bits per heavy atom. The van der Waals surface area contributed by atoms with Gasteiger partial charge in [-0.2, -0.15) is 0 Å². The molecule has 4 N–H and O–H groups in total. The molecule has 0 aromatic carbocycles. The number of aromatic nitrogens is 1. The second-order valence-electron chi connectivity index (χ2n) is 17.2. The van der Waals surface area contributed by atoms with Crippen LogP contribution < -0.4 is 16.4 Å². The fourth-order valence-electron chi connectivity index (χ4n) is 7.47. The highest BCUT2D eigenvalue weighted by molar-refractivity contribution is 6.14. The normalized spacial score (nSPS) is 15.3. The molecule has 1 saturated heterocycles. The molecule has 0 radical (unpaired) electrons. The largest absolute Gasteiger partial charge is 0.447 e. The number of nitrogens with one attached hydrogen (secondary N) is 2. The van der Waals surface area contributed by atoms with Gasteiger partial charge in [0.1, 0.15) is 19.0 Å². The number of nitrogens with two attached hydrogens (primary N) is 1. The number of alkyl carbamates (subject to hydrolysis) is 1. The Kier molecular flexibility index (Phi) is 33.1. The van der Waals surface area contributed by atoms with Gasteiger partial charge in [-0.1, -0.05) is 6.92 Å². The molecule has 0 spiro atoms. The minimum atomic E-state index is -0.557. The summed E-state index contributed by atoms with van der Waals surface area (Å²) < 4.78 is 60.0. The Balaban J connectivity index is 0.848. The lowest BCUT2D eigenvalue weighted by Gasteiger charge is -2.32. The molecule has 3 aliphatic heterocycles. The lowest BCUT2D eigenvalue weighted by atomic mass is 9.97. The van der Waals surface area contributed by atoms with Crippen molar-refractivity contribution in [2.45, 2.75) is 39.5 Å². The Hall–Kier alpha value is -5.52. The average molecular weight is 1090 g/mol. The van der Waals surface area contributed by atoms with Crippen LogP contribution in [0.3, 0.4) is 0 Å². The number of aliphatic imine (C=N–C) groups is 1. The number of piperidine rings is 1. The summed E-state index contributed by atoms with van der Waals surface area (Å²) in [6.07, 6.45) is 7.31. The molecule has 26 nitrogen and oxygen atoms in total. The molecular weight excluding hydrogens is 1010 g/mol. The molecule has 1 aromatic rings. The average Bonchev–Trinajstić information content (AvgIpc) is 3.63. The third-order valence-electron chi connectivity index (χ3n) is 11.2. The fourth-order valence-corrected chi connectivity index (χ4v) is 7.47. The van der Waals surface area contributed by atoms with Crippen LogP contribution in [0.4, 0.5) is 10.5 Å². The number of fused-ring (bicyclic) bond motifs is 1. The van der Waals surface area contributed by atoms with Crippen LogP contribution in [0.2, 0.25) is 0 Å². The number of carbonyl (C=O) groups excluding carboxylic acids is 6. The summed E-state index contributed by atoms with van der Waals surface area (Å²) >= 11 is 0.